The molecule has 5 aromatic carbocycles. The largest absolute Gasteiger partial charge is 0.508 e. The minimum absolute atomic E-state index is 0.132. The fourth-order valence-electron chi connectivity index (χ4n) is 8.45. The van der Waals surface area contributed by atoms with Gasteiger partial charge in [0.15, 0.2) is 0 Å². The second-order valence-electron chi connectivity index (χ2n) is 19.5. The fraction of sp³-hybridized carbons (Fsp3) is 0.293. The molecule has 26 nitrogen and oxygen atoms in total. The van der Waals surface area contributed by atoms with Crippen LogP contribution >= 0.6 is 0 Å². The molecule has 7 amide bonds. The Hall–Kier alpha value is -10.4. The first-order valence-corrected chi connectivity index (χ1v) is 26.1. The number of nitrogens with two attached hydrogens (primary N) is 1. The minimum Gasteiger partial charge on any atom is -0.508 e. The van der Waals surface area contributed by atoms with E-state index in [1.807, 2.05) is 0 Å². The summed E-state index contributed by atoms with van der Waals surface area (Å²) in [6, 6.07) is 19.2. The van der Waals surface area contributed by atoms with Crippen LogP contribution in [0.3, 0.4) is 0 Å². The van der Waals surface area contributed by atoms with Crippen molar-refractivity contribution in [3.8, 4) is 17.2 Å². The van der Waals surface area contributed by atoms with Crippen molar-refractivity contribution in [1.82, 2.24) is 37.2 Å². The van der Waals surface area contributed by atoms with Gasteiger partial charge < -0.3 is 78.7 Å². The van der Waals surface area contributed by atoms with Crippen molar-refractivity contribution < 1.29 is 88.5 Å². The molecule has 0 aliphatic rings. The maximum Gasteiger partial charge on any atom is 0.326 e. The van der Waals surface area contributed by atoms with Crippen molar-refractivity contribution in [2.24, 2.45) is 5.73 Å². The summed E-state index contributed by atoms with van der Waals surface area (Å²) in [6.07, 6.45) is -4.69. The summed E-state index contributed by atoms with van der Waals surface area (Å²) in [5.74, 6) is -14.1. The summed E-state index contributed by atoms with van der Waals surface area (Å²) in [6.45, 7) is 0. The van der Waals surface area contributed by atoms with Gasteiger partial charge in [0, 0.05) is 38.5 Å². The Labute approximate surface area is 479 Å². The van der Waals surface area contributed by atoms with E-state index in [1.165, 1.54) is 72.8 Å². The molecule has 5 rings (SSSR count). The Morgan fingerprint density at radius 3 is 0.869 bits per heavy atom. The first-order chi connectivity index (χ1) is 39.9. The average Bonchev–Trinajstić information content (AvgIpc) is 3.54. The first-order valence-electron chi connectivity index (χ1n) is 26.1. The Balaban J connectivity index is 1.48. The van der Waals surface area contributed by atoms with Crippen LogP contribution in [0.1, 0.15) is 53.5 Å². The van der Waals surface area contributed by atoms with E-state index in [-0.39, 0.29) is 36.5 Å². The Bertz CT molecular complexity index is 3110. The number of phenolic OH excluding ortho intramolecular Hbond substituents is 3. The Morgan fingerprint density at radius 1 is 0.321 bits per heavy atom. The zero-order valence-corrected chi connectivity index (χ0v) is 44.9. The van der Waals surface area contributed by atoms with Crippen LogP contribution in [0.15, 0.2) is 133 Å². The standard InChI is InChI=1S/C58H64N8O18/c59-40(30-49(72)73)51(76)61-42(25-32-7-3-1-4-8-32)53(78)63-45(28-35-13-19-38(68)20-14-35)55(80)62-43(26-33-9-5-2-6-10-33)54(79)64-46(29-36-15-21-39(69)22-16-36)56(81)66-47(31-50(74)75)57(82)65-44(27-34-11-17-37(67)18-12-34)52(77)60-41(58(83)84)23-24-48(70)71/h1-22,40-47,67-69H,23-31,59H2,(H,60,77)(H,61,76)(H,62,80)(H,63,78)(H,64,79)(H,65,82)(H,66,81)(H,70,71)(H,72,73)(H,74,75)(H,83,84)/t40-,41-,42-,43-,44-,45-,46-,47-/m0/s1. The third-order valence-corrected chi connectivity index (χ3v) is 12.9. The van der Waals surface area contributed by atoms with Crippen LogP contribution in [0.5, 0.6) is 17.2 Å². The molecule has 0 unspecified atom stereocenters. The predicted octanol–water partition coefficient (Wildman–Crippen LogP) is -0.0636. The van der Waals surface area contributed by atoms with Gasteiger partial charge in [0.25, 0.3) is 0 Å². The van der Waals surface area contributed by atoms with Crippen molar-refractivity contribution in [2.75, 3.05) is 0 Å². The molecule has 0 spiro atoms. The highest BCUT2D eigenvalue weighted by Gasteiger charge is 2.36. The minimum atomic E-state index is -2.03. The predicted molar refractivity (Wildman–Crippen MR) is 296 cm³/mol. The molecule has 8 atom stereocenters. The molecule has 84 heavy (non-hydrogen) atoms. The monoisotopic (exact) mass is 1160 g/mol. The maximum absolute atomic E-state index is 14.8. The number of aliphatic carboxylic acids is 4. The van der Waals surface area contributed by atoms with Gasteiger partial charge in [0.1, 0.15) is 59.5 Å². The fourth-order valence-corrected chi connectivity index (χ4v) is 8.45. The summed E-state index contributed by atoms with van der Waals surface area (Å²) in [4.78, 5) is 147. The first kappa shape index (κ1) is 64.5. The summed E-state index contributed by atoms with van der Waals surface area (Å²) in [7, 11) is 0. The number of aromatic hydroxyl groups is 3. The molecule has 26 heteroatoms. The quantitative estimate of drug-likeness (QED) is 0.0268. The van der Waals surface area contributed by atoms with Gasteiger partial charge in [-0.25, -0.2) is 4.79 Å². The molecule has 0 aromatic heterocycles. The van der Waals surface area contributed by atoms with Crippen LogP contribution in [-0.4, -0.2) is 149 Å². The molecule has 0 aliphatic carbocycles. The molecule has 0 fully saturated rings. The normalized spacial score (nSPS) is 13.7. The highest BCUT2D eigenvalue weighted by molar-refractivity contribution is 5.99. The molecule has 5 aromatic rings. The van der Waals surface area contributed by atoms with E-state index >= 15 is 0 Å². The number of carboxylic acid groups (broad SMARTS) is 4. The number of amides is 7. The lowest BCUT2D eigenvalue weighted by Crippen LogP contribution is -2.61. The summed E-state index contributed by atoms with van der Waals surface area (Å²) in [5, 5.41) is 85.4. The van der Waals surface area contributed by atoms with Gasteiger partial charge in [-0.05, 0) is 70.6 Å². The summed E-state index contributed by atoms with van der Waals surface area (Å²) in [5.41, 5.74) is 7.85. The van der Waals surface area contributed by atoms with Gasteiger partial charge in [-0.2, -0.15) is 0 Å². The molecular weight excluding hydrogens is 1100 g/mol. The molecule has 0 saturated heterocycles. The molecular formula is C58H64N8O18. The highest BCUT2D eigenvalue weighted by Crippen LogP contribution is 2.17. The molecule has 0 aliphatic heterocycles. The van der Waals surface area contributed by atoms with E-state index in [1.54, 1.807) is 60.7 Å². The number of nitrogens with one attached hydrogen (secondary N) is 7. The van der Waals surface area contributed by atoms with Crippen LogP contribution in [0.4, 0.5) is 0 Å². The molecule has 0 heterocycles. The SMILES string of the molecule is N[C@@H](CC(=O)O)C(=O)N[C@@H](Cc1ccccc1)C(=O)N[C@@H](Cc1ccc(O)cc1)C(=O)N[C@@H](Cc1ccccc1)C(=O)N[C@@H](Cc1ccc(O)cc1)C(=O)N[C@@H](CC(=O)O)C(=O)N[C@@H](Cc1ccc(O)cc1)C(=O)N[C@@H](CCC(=O)O)C(=O)O. The molecule has 0 bridgehead atoms. The smallest absolute Gasteiger partial charge is 0.326 e. The van der Waals surface area contributed by atoms with Gasteiger partial charge in [-0.15, -0.1) is 0 Å². The van der Waals surface area contributed by atoms with Crippen LogP contribution in [0, 0.1) is 0 Å². The average molecular weight is 1160 g/mol. The van der Waals surface area contributed by atoms with Crippen molar-refractivity contribution in [2.45, 2.75) is 106 Å². The van der Waals surface area contributed by atoms with E-state index in [0.29, 0.717) is 27.8 Å². The van der Waals surface area contributed by atoms with Crippen LogP contribution in [-0.2, 0) is 84.8 Å². The lowest BCUT2D eigenvalue weighted by molar-refractivity contribution is -0.144. The van der Waals surface area contributed by atoms with E-state index in [4.69, 9.17) is 5.73 Å². The summed E-state index contributed by atoms with van der Waals surface area (Å²) >= 11 is 0. The van der Waals surface area contributed by atoms with Gasteiger partial charge in [0.05, 0.1) is 18.9 Å². The van der Waals surface area contributed by atoms with Gasteiger partial charge >= 0.3 is 23.9 Å². The van der Waals surface area contributed by atoms with E-state index < -0.39 is 152 Å². The second-order valence-corrected chi connectivity index (χ2v) is 19.5. The van der Waals surface area contributed by atoms with E-state index in [2.05, 4.69) is 37.2 Å². The Kier molecular flexibility index (Phi) is 24.2. The van der Waals surface area contributed by atoms with Gasteiger partial charge in [-0.1, -0.05) is 97.1 Å². The van der Waals surface area contributed by atoms with Crippen LogP contribution in [0.2, 0.25) is 0 Å². The number of hydrogen-bond acceptors (Lipinski definition) is 15. The number of phenols is 3. The molecule has 0 saturated carbocycles. The number of carbonyl (C=O) groups excluding carboxylic acids is 7. The maximum atomic E-state index is 14.8. The van der Waals surface area contributed by atoms with Crippen LogP contribution in [0.25, 0.3) is 0 Å². The van der Waals surface area contributed by atoms with E-state index in [0.717, 1.165) is 0 Å². The third-order valence-electron chi connectivity index (χ3n) is 12.9. The van der Waals surface area contributed by atoms with E-state index in [9.17, 15) is 88.5 Å². The molecule has 0 radical (unpaired) electrons. The van der Waals surface area contributed by atoms with Crippen molar-refractivity contribution >= 4 is 65.2 Å². The topological polar surface area (TPSA) is 440 Å². The lowest BCUT2D eigenvalue weighted by atomic mass is 10.00. The zero-order valence-electron chi connectivity index (χ0n) is 44.9. The van der Waals surface area contributed by atoms with Gasteiger partial charge in [0.2, 0.25) is 41.4 Å². The third kappa shape index (κ3) is 21.6. The molecule has 16 N–H and O–H groups in total. The number of hydrogen-bond donors (Lipinski definition) is 15. The number of rotatable bonds is 32. The number of benzene rings is 5. The van der Waals surface area contributed by atoms with Gasteiger partial charge in [-0.3, -0.25) is 47.9 Å². The lowest BCUT2D eigenvalue weighted by Gasteiger charge is -2.28. The molecule has 444 valence electrons. The second kappa shape index (κ2) is 31.6. The Morgan fingerprint density at radius 2 is 0.583 bits per heavy atom. The van der Waals surface area contributed by atoms with Crippen molar-refractivity contribution in [3.63, 3.8) is 0 Å². The van der Waals surface area contributed by atoms with Crippen molar-refractivity contribution in [1.29, 1.82) is 0 Å². The zero-order chi connectivity index (χ0) is 61.5. The van der Waals surface area contributed by atoms with Crippen LogP contribution < -0.4 is 43.0 Å². The number of carboxylic acids is 4. The number of carbonyl (C=O) groups is 11. The highest BCUT2D eigenvalue weighted by atomic mass is 16.4. The summed E-state index contributed by atoms with van der Waals surface area (Å²) < 4.78 is 0. The van der Waals surface area contributed by atoms with Crippen molar-refractivity contribution in [3.05, 3.63) is 161 Å².